The van der Waals surface area contributed by atoms with Gasteiger partial charge in [-0.2, -0.15) is 4.98 Å². The van der Waals surface area contributed by atoms with E-state index in [4.69, 9.17) is 18.7 Å². The van der Waals surface area contributed by atoms with Crippen molar-refractivity contribution in [3.05, 3.63) is 48.5 Å². The lowest BCUT2D eigenvalue weighted by atomic mass is 10.2. The summed E-state index contributed by atoms with van der Waals surface area (Å²) >= 11 is 0. The molecule has 8 nitrogen and oxygen atoms in total. The standard InChI is InChI=1S/C20H20N4O4/c1-25-16-10-13(11-17(26-2)19(16)27-3)20-22-18(23-28-20)8-9-24-12-21-14-6-4-5-7-15(14)24/h4-7,10-12H,8-9H2,1-3H3. The minimum atomic E-state index is 0.393. The van der Waals surface area contributed by atoms with Gasteiger partial charge in [-0.25, -0.2) is 4.98 Å². The lowest BCUT2D eigenvalue weighted by Gasteiger charge is -2.12. The van der Waals surface area contributed by atoms with Crippen LogP contribution < -0.4 is 14.2 Å². The normalized spacial score (nSPS) is 11.0. The zero-order valence-electron chi connectivity index (χ0n) is 15.9. The van der Waals surface area contributed by atoms with Crippen LogP contribution in [-0.2, 0) is 13.0 Å². The van der Waals surface area contributed by atoms with Crippen molar-refractivity contribution in [3.63, 3.8) is 0 Å². The van der Waals surface area contributed by atoms with Gasteiger partial charge in [-0.15, -0.1) is 0 Å². The Hall–Kier alpha value is -3.55. The zero-order chi connectivity index (χ0) is 19.5. The number of methoxy groups -OCH3 is 3. The van der Waals surface area contributed by atoms with Crippen molar-refractivity contribution in [1.82, 2.24) is 19.7 Å². The van der Waals surface area contributed by atoms with Gasteiger partial charge in [0.2, 0.25) is 5.75 Å². The zero-order valence-corrected chi connectivity index (χ0v) is 15.9. The maximum Gasteiger partial charge on any atom is 0.258 e. The summed E-state index contributed by atoms with van der Waals surface area (Å²) in [5, 5.41) is 4.09. The minimum absolute atomic E-state index is 0.393. The van der Waals surface area contributed by atoms with Crippen LogP contribution in [0.25, 0.3) is 22.5 Å². The third kappa shape index (κ3) is 3.24. The Labute approximate surface area is 161 Å². The molecule has 4 rings (SSSR count). The van der Waals surface area contributed by atoms with Gasteiger partial charge in [0.25, 0.3) is 5.89 Å². The molecule has 8 heteroatoms. The van der Waals surface area contributed by atoms with Crippen LogP contribution in [0.4, 0.5) is 0 Å². The topological polar surface area (TPSA) is 84.4 Å². The Bertz CT molecular complexity index is 1080. The van der Waals surface area contributed by atoms with Gasteiger partial charge in [-0.05, 0) is 24.3 Å². The SMILES string of the molecule is COc1cc(-c2nc(CCn3cnc4ccccc43)no2)cc(OC)c1OC. The van der Waals surface area contributed by atoms with Crippen LogP contribution in [0.3, 0.4) is 0 Å². The van der Waals surface area contributed by atoms with E-state index in [9.17, 15) is 0 Å². The van der Waals surface area contributed by atoms with Crippen LogP contribution in [0.2, 0.25) is 0 Å². The number of nitrogens with zero attached hydrogens (tertiary/aromatic N) is 4. The van der Waals surface area contributed by atoms with E-state index in [2.05, 4.69) is 19.7 Å². The molecule has 2 heterocycles. The summed E-state index contributed by atoms with van der Waals surface area (Å²) in [7, 11) is 4.69. The summed E-state index contributed by atoms with van der Waals surface area (Å²) in [6.45, 7) is 0.703. The number of aromatic nitrogens is 4. The van der Waals surface area contributed by atoms with Crippen molar-refractivity contribution < 1.29 is 18.7 Å². The van der Waals surface area contributed by atoms with Gasteiger partial charge < -0.3 is 23.3 Å². The highest BCUT2D eigenvalue weighted by atomic mass is 16.5. The van der Waals surface area contributed by atoms with Crippen molar-refractivity contribution in [2.45, 2.75) is 13.0 Å². The number of para-hydroxylation sites is 2. The van der Waals surface area contributed by atoms with Crippen LogP contribution >= 0.6 is 0 Å². The van der Waals surface area contributed by atoms with Gasteiger partial charge in [-0.3, -0.25) is 0 Å². The minimum Gasteiger partial charge on any atom is -0.493 e. The van der Waals surface area contributed by atoms with E-state index in [1.807, 2.05) is 30.6 Å². The van der Waals surface area contributed by atoms with Gasteiger partial charge in [0.15, 0.2) is 17.3 Å². The second-order valence-corrected chi connectivity index (χ2v) is 6.11. The average Bonchev–Trinajstić information content (AvgIpc) is 3.38. The Morgan fingerprint density at radius 1 is 1.00 bits per heavy atom. The summed E-state index contributed by atoms with van der Waals surface area (Å²) < 4.78 is 23.6. The molecule has 0 aliphatic carbocycles. The summed E-state index contributed by atoms with van der Waals surface area (Å²) in [5.41, 5.74) is 2.74. The Kier molecular flexibility index (Phi) is 4.84. The Balaban J connectivity index is 1.56. The molecule has 0 N–H and O–H groups in total. The number of imidazole rings is 1. The molecule has 0 aliphatic heterocycles. The van der Waals surface area contributed by atoms with Gasteiger partial charge in [-0.1, -0.05) is 17.3 Å². The number of ether oxygens (including phenoxy) is 3. The first-order chi connectivity index (χ1) is 13.7. The van der Waals surface area contributed by atoms with Crippen molar-refractivity contribution in [3.8, 4) is 28.7 Å². The van der Waals surface area contributed by atoms with Gasteiger partial charge in [0.1, 0.15) is 0 Å². The second-order valence-electron chi connectivity index (χ2n) is 6.11. The molecule has 0 amide bonds. The van der Waals surface area contributed by atoms with Gasteiger partial charge in [0, 0.05) is 18.5 Å². The lowest BCUT2D eigenvalue weighted by molar-refractivity contribution is 0.324. The highest BCUT2D eigenvalue weighted by Gasteiger charge is 2.17. The molecule has 28 heavy (non-hydrogen) atoms. The predicted molar refractivity (Wildman–Crippen MR) is 103 cm³/mol. The molecular formula is C20H20N4O4. The van der Waals surface area contributed by atoms with E-state index in [1.165, 1.54) is 0 Å². The smallest absolute Gasteiger partial charge is 0.258 e. The summed E-state index contributed by atoms with van der Waals surface area (Å²) in [4.78, 5) is 8.90. The van der Waals surface area contributed by atoms with Crippen LogP contribution in [-0.4, -0.2) is 41.0 Å². The van der Waals surface area contributed by atoms with E-state index < -0.39 is 0 Å². The second kappa shape index (κ2) is 7.59. The molecule has 4 aromatic rings. The molecule has 0 unspecified atom stereocenters. The first-order valence-electron chi connectivity index (χ1n) is 8.76. The van der Waals surface area contributed by atoms with E-state index >= 15 is 0 Å². The largest absolute Gasteiger partial charge is 0.493 e. The fraction of sp³-hybridized carbons (Fsp3) is 0.250. The monoisotopic (exact) mass is 380 g/mol. The maximum atomic E-state index is 5.44. The van der Waals surface area contributed by atoms with E-state index in [0.29, 0.717) is 47.5 Å². The van der Waals surface area contributed by atoms with E-state index in [1.54, 1.807) is 33.5 Å². The Morgan fingerprint density at radius 3 is 2.46 bits per heavy atom. The number of rotatable bonds is 7. The molecule has 0 bridgehead atoms. The van der Waals surface area contributed by atoms with Crippen molar-refractivity contribution >= 4 is 11.0 Å². The quantitative estimate of drug-likeness (QED) is 0.486. The fourth-order valence-electron chi connectivity index (χ4n) is 3.09. The van der Waals surface area contributed by atoms with Crippen molar-refractivity contribution in [1.29, 1.82) is 0 Å². The molecule has 0 fully saturated rings. The molecule has 0 saturated carbocycles. The van der Waals surface area contributed by atoms with E-state index in [0.717, 1.165) is 11.0 Å². The summed E-state index contributed by atoms with van der Waals surface area (Å²) in [6.07, 6.45) is 2.44. The number of hydrogen-bond acceptors (Lipinski definition) is 7. The summed E-state index contributed by atoms with van der Waals surface area (Å²) in [5.74, 6) is 2.58. The summed E-state index contributed by atoms with van der Waals surface area (Å²) in [6, 6.07) is 11.6. The first kappa shape index (κ1) is 17.8. The van der Waals surface area contributed by atoms with Gasteiger partial charge >= 0.3 is 0 Å². The molecule has 144 valence electrons. The lowest BCUT2D eigenvalue weighted by Crippen LogP contribution is -2.01. The third-order valence-electron chi connectivity index (χ3n) is 4.48. The number of fused-ring (bicyclic) bond motifs is 1. The predicted octanol–water partition coefficient (Wildman–Crippen LogP) is 3.35. The molecule has 0 radical (unpaired) electrons. The van der Waals surface area contributed by atoms with Crippen LogP contribution in [0.1, 0.15) is 5.82 Å². The maximum absolute atomic E-state index is 5.44. The molecule has 0 aliphatic rings. The van der Waals surface area contributed by atoms with Crippen molar-refractivity contribution in [2.24, 2.45) is 0 Å². The molecule has 0 spiro atoms. The number of hydrogen-bond donors (Lipinski definition) is 0. The third-order valence-corrected chi connectivity index (χ3v) is 4.48. The molecule has 2 aromatic heterocycles. The van der Waals surface area contributed by atoms with Crippen LogP contribution in [0.5, 0.6) is 17.2 Å². The van der Waals surface area contributed by atoms with Crippen molar-refractivity contribution in [2.75, 3.05) is 21.3 Å². The van der Waals surface area contributed by atoms with Crippen LogP contribution in [0, 0.1) is 0 Å². The molecule has 2 aromatic carbocycles. The fourth-order valence-corrected chi connectivity index (χ4v) is 3.09. The highest BCUT2D eigenvalue weighted by molar-refractivity contribution is 5.74. The molecule has 0 atom stereocenters. The molecular weight excluding hydrogens is 360 g/mol. The van der Waals surface area contributed by atoms with E-state index in [-0.39, 0.29) is 0 Å². The number of benzene rings is 2. The average molecular weight is 380 g/mol. The Morgan fingerprint density at radius 2 is 1.75 bits per heavy atom. The number of aryl methyl sites for hydroxylation is 2. The highest BCUT2D eigenvalue weighted by Crippen LogP contribution is 2.40. The van der Waals surface area contributed by atoms with Gasteiger partial charge in [0.05, 0.1) is 38.7 Å². The van der Waals surface area contributed by atoms with Crippen LogP contribution in [0.15, 0.2) is 47.2 Å². The first-order valence-corrected chi connectivity index (χ1v) is 8.76. The molecule has 0 saturated heterocycles.